The molecule has 0 amide bonds. The molecule has 21 heavy (non-hydrogen) atoms. The Kier molecular flexibility index (Phi) is 2.82. The summed E-state index contributed by atoms with van der Waals surface area (Å²) in [5.41, 5.74) is 2.26. The molecule has 4 rings (SSSR count). The molecular formula is C15H14ClN5. The van der Waals surface area contributed by atoms with Gasteiger partial charge in [0.1, 0.15) is 17.3 Å². The number of halogens is 1. The molecule has 1 aliphatic carbocycles. The summed E-state index contributed by atoms with van der Waals surface area (Å²) in [4.78, 5) is 8.32. The minimum absolute atomic E-state index is 0.400. The third-order valence-corrected chi connectivity index (χ3v) is 4.31. The summed E-state index contributed by atoms with van der Waals surface area (Å²) >= 11 is 6.17. The SMILES string of the molecule is Cc1c(Cl)nc2ncnn2c1NC1CC1c1ccccc1. The number of aromatic nitrogens is 4. The maximum atomic E-state index is 6.17. The number of benzene rings is 1. The summed E-state index contributed by atoms with van der Waals surface area (Å²) in [6, 6.07) is 10.9. The fraction of sp³-hybridized carbons (Fsp3) is 0.267. The van der Waals surface area contributed by atoms with Crippen molar-refractivity contribution in [2.75, 3.05) is 5.32 Å². The molecular weight excluding hydrogens is 286 g/mol. The molecule has 3 aromatic rings. The number of nitrogens with zero attached hydrogens (tertiary/aromatic N) is 4. The Morgan fingerprint density at radius 1 is 1.29 bits per heavy atom. The summed E-state index contributed by atoms with van der Waals surface area (Å²) < 4.78 is 1.71. The van der Waals surface area contributed by atoms with E-state index in [0.29, 0.717) is 22.9 Å². The average molecular weight is 300 g/mol. The van der Waals surface area contributed by atoms with Crippen LogP contribution in [0.3, 0.4) is 0 Å². The van der Waals surface area contributed by atoms with Gasteiger partial charge in [-0.05, 0) is 18.9 Å². The van der Waals surface area contributed by atoms with Gasteiger partial charge in [0, 0.05) is 17.5 Å². The number of nitrogens with one attached hydrogen (secondary N) is 1. The number of hydrogen-bond acceptors (Lipinski definition) is 4. The number of hydrogen-bond donors (Lipinski definition) is 1. The first-order valence-electron chi connectivity index (χ1n) is 6.91. The number of rotatable bonds is 3. The lowest BCUT2D eigenvalue weighted by Crippen LogP contribution is -2.12. The lowest BCUT2D eigenvalue weighted by molar-refractivity contribution is 0.905. The van der Waals surface area contributed by atoms with Crippen molar-refractivity contribution in [1.29, 1.82) is 0 Å². The lowest BCUT2D eigenvalue weighted by Gasteiger charge is -2.11. The Bertz CT molecular complexity index is 798. The molecule has 5 nitrogen and oxygen atoms in total. The first-order valence-corrected chi connectivity index (χ1v) is 7.29. The van der Waals surface area contributed by atoms with Gasteiger partial charge < -0.3 is 5.32 Å². The highest BCUT2D eigenvalue weighted by molar-refractivity contribution is 6.30. The highest BCUT2D eigenvalue weighted by Crippen LogP contribution is 2.43. The fourth-order valence-corrected chi connectivity index (χ4v) is 2.83. The van der Waals surface area contributed by atoms with Gasteiger partial charge in [-0.1, -0.05) is 41.9 Å². The van der Waals surface area contributed by atoms with Crippen molar-refractivity contribution in [2.24, 2.45) is 0 Å². The van der Waals surface area contributed by atoms with Crippen LogP contribution in [0.2, 0.25) is 5.15 Å². The molecule has 1 fully saturated rings. The van der Waals surface area contributed by atoms with Gasteiger partial charge >= 0.3 is 0 Å². The third kappa shape index (κ3) is 2.14. The monoisotopic (exact) mass is 299 g/mol. The minimum Gasteiger partial charge on any atom is -0.366 e. The van der Waals surface area contributed by atoms with Crippen molar-refractivity contribution >= 4 is 23.2 Å². The molecule has 2 heterocycles. The van der Waals surface area contributed by atoms with Crippen LogP contribution < -0.4 is 5.32 Å². The highest BCUT2D eigenvalue weighted by Gasteiger charge is 2.39. The predicted octanol–water partition coefficient (Wildman–Crippen LogP) is 3.05. The first-order chi connectivity index (χ1) is 10.2. The summed E-state index contributed by atoms with van der Waals surface area (Å²) in [5, 5.41) is 8.23. The molecule has 1 aliphatic rings. The van der Waals surface area contributed by atoms with E-state index in [4.69, 9.17) is 11.6 Å². The second kappa shape index (κ2) is 4.70. The van der Waals surface area contributed by atoms with Crippen LogP contribution in [0.25, 0.3) is 5.78 Å². The third-order valence-electron chi connectivity index (χ3n) is 3.94. The molecule has 1 saturated carbocycles. The molecule has 0 spiro atoms. The fourth-order valence-electron chi connectivity index (χ4n) is 2.67. The van der Waals surface area contributed by atoms with Crippen LogP contribution in [0, 0.1) is 6.92 Å². The van der Waals surface area contributed by atoms with Crippen molar-refractivity contribution in [3.05, 3.63) is 52.9 Å². The zero-order valence-corrected chi connectivity index (χ0v) is 12.2. The van der Waals surface area contributed by atoms with Gasteiger partial charge in [0.05, 0.1) is 0 Å². The van der Waals surface area contributed by atoms with E-state index in [1.54, 1.807) is 4.52 Å². The molecule has 2 aromatic heterocycles. The quantitative estimate of drug-likeness (QED) is 0.755. The van der Waals surface area contributed by atoms with Crippen LogP contribution in [-0.4, -0.2) is 25.6 Å². The maximum Gasteiger partial charge on any atom is 0.255 e. The maximum absolute atomic E-state index is 6.17. The average Bonchev–Trinajstić information content (AvgIpc) is 3.13. The van der Waals surface area contributed by atoms with E-state index in [0.717, 1.165) is 17.8 Å². The molecule has 2 unspecified atom stereocenters. The van der Waals surface area contributed by atoms with Crippen molar-refractivity contribution in [3.63, 3.8) is 0 Å². The standard InChI is InChI=1S/C15H14ClN5/c1-9-13(16)20-15-17-8-18-21(15)14(9)19-12-7-11(12)10-5-3-2-4-6-10/h2-6,8,11-12,19H,7H2,1H3. The second-order valence-electron chi connectivity index (χ2n) is 5.35. The highest BCUT2D eigenvalue weighted by atomic mass is 35.5. The Hall–Kier alpha value is -2.14. The van der Waals surface area contributed by atoms with E-state index in [1.165, 1.54) is 11.9 Å². The van der Waals surface area contributed by atoms with Gasteiger partial charge in [-0.3, -0.25) is 0 Å². The Balaban J connectivity index is 1.64. The van der Waals surface area contributed by atoms with E-state index in [9.17, 15) is 0 Å². The van der Waals surface area contributed by atoms with Crippen molar-refractivity contribution in [2.45, 2.75) is 25.3 Å². The topological polar surface area (TPSA) is 55.1 Å². The minimum atomic E-state index is 0.400. The van der Waals surface area contributed by atoms with Gasteiger partial charge in [-0.2, -0.15) is 19.6 Å². The van der Waals surface area contributed by atoms with Gasteiger partial charge in [-0.25, -0.2) is 0 Å². The molecule has 1 N–H and O–H groups in total. The van der Waals surface area contributed by atoms with Gasteiger partial charge in [0.2, 0.25) is 0 Å². The predicted molar refractivity (Wildman–Crippen MR) is 81.7 cm³/mol. The van der Waals surface area contributed by atoms with Crippen LogP contribution in [0.15, 0.2) is 36.7 Å². The zero-order chi connectivity index (χ0) is 14.4. The molecule has 106 valence electrons. The normalized spacial score (nSPS) is 20.7. The first kappa shape index (κ1) is 12.6. The molecule has 0 saturated heterocycles. The van der Waals surface area contributed by atoms with Gasteiger partial charge in [0.25, 0.3) is 5.78 Å². The van der Waals surface area contributed by atoms with Crippen molar-refractivity contribution in [1.82, 2.24) is 19.6 Å². The molecule has 6 heteroatoms. The van der Waals surface area contributed by atoms with E-state index in [2.05, 4.69) is 44.6 Å². The summed E-state index contributed by atoms with van der Waals surface area (Å²) in [7, 11) is 0. The van der Waals surface area contributed by atoms with Crippen LogP contribution >= 0.6 is 11.6 Å². The van der Waals surface area contributed by atoms with Crippen molar-refractivity contribution < 1.29 is 0 Å². The second-order valence-corrected chi connectivity index (χ2v) is 5.71. The Labute approximate surface area is 127 Å². The van der Waals surface area contributed by atoms with Gasteiger partial charge in [0.15, 0.2) is 0 Å². The molecule has 0 radical (unpaired) electrons. The Morgan fingerprint density at radius 2 is 2.10 bits per heavy atom. The van der Waals surface area contributed by atoms with E-state index < -0.39 is 0 Å². The van der Waals surface area contributed by atoms with Gasteiger partial charge in [-0.15, -0.1) is 0 Å². The largest absolute Gasteiger partial charge is 0.366 e. The number of anilines is 1. The lowest BCUT2D eigenvalue weighted by atomic mass is 10.1. The van der Waals surface area contributed by atoms with Crippen LogP contribution in [0.1, 0.15) is 23.5 Å². The van der Waals surface area contributed by atoms with Crippen LogP contribution in [-0.2, 0) is 0 Å². The molecule has 2 atom stereocenters. The zero-order valence-electron chi connectivity index (χ0n) is 11.5. The molecule has 0 aliphatic heterocycles. The smallest absolute Gasteiger partial charge is 0.255 e. The molecule has 0 bridgehead atoms. The van der Waals surface area contributed by atoms with E-state index >= 15 is 0 Å². The summed E-state index contributed by atoms with van der Waals surface area (Å²) in [5.74, 6) is 1.94. The van der Waals surface area contributed by atoms with Crippen LogP contribution in [0.5, 0.6) is 0 Å². The van der Waals surface area contributed by atoms with Crippen LogP contribution in [0.4, 0.5) is 5.82 Å². The number of fused-ring (bicyclic) bond motifs is 1. The van der Waals surface area contributed by atoms with E-state index in [-0.39, 0.29) is 0 Å². The summed E-state index contributed by atoms with van der Waals surface area (Å²) in [6.07, 6.45) is 2.60. The van der Waals surface area contributed by atoms with E-state index in [1.807, 2.05) is 13.0 Å². The molecule has 1 aromatic carbocycles. The Morgan fingerprint density at radius 3 is 2.90 bits per heavy atom. The van der Waals surface area contributed by atoms with Crippen molar-refractivity contribution in [3.8, 4) is 0 Å². The summed E-state index contributed by atoms with van der Waals surface area (Å²) in [6.45, 7) is 1.94.